The van der Waals surface area contributed by atoms with Gasteiger partial charge in [0.25, 0.3) is 0 Å². The standard InChI is InChI=1S/C23H27ClN2O.C3H6O2/c1-17-16-25(22-15-20(24)10-11-21(22)19-8-5-9-19)12-13-26(17)23(27)14-18-6-3-2-4-7-18;1-2-3(4)5/h2-4,6-7,10-11,15,17,19H,5,8-9,12-14,16H2,1H3;2H2,1H3,(H,4,5). The Morgan fingerprint density at radius 3 is 2.34 bits per heavy atom. The van der Waals surface area contributed by atoms with Gasteiger partial charge in [-0.3, -0.25) is 9.59 Å². The molecule has 2 fully saturated rings. The summed E-state index contributed by atoms with van der Waals surface area (Å²) in [6, 6.07) is 16.6. The van der Waals surface area contributed by atoms with Crippen LogP contribution in [0.4, 0.5) is 5.69 Å². The largest absolute Gasteiger partial charge is 0.481 e. The van der Waals surface area contributed by atoms with E-state index in [9.17, 15) is 9.59 Å². The van der Waals surface area contributed by atoms with Crippen LogP contribution in [-0.4, -0.2) is 47.6 Å². The van der Waals surface area contributed by atoms with Crippen molar-refractivity contribution in [3.8, 4) is 0 Å². The summed E-state index contributed by atoms with van der Waals surface area (Å²) in [6.45, 7) is 6.25. The maximum absolute atomic E-state index is 12.8. The number of anilines is 1. The summed E-state index contributed by atoms with van der Waals surface area (Å²) in [6.07, 6.45) is 4.58. The van der Waals surface area contributed by atoms with Crippen molar-refractivity contribution in [2.24, 2.45) is 0 Å². The molecule has 2 aliphatic rings. The van der Waals surface area contributed by atoms with Crippen LogP contribution in [0.15, 0.2) is 48.5 Å². The van der Waals surface area contributed by atoms with Gasteiger partial charge in [0.1, 0.15) is 0 Å². The first-order valence-electron chi connectivity index (χ1n) is 11.5. The number of rotatable bonds is 5. The Bertz CT molecular complexity index is 915. The number of hydrogen-bond donors (Lipinski definition) is 1. The summed E-state index contributed by atoms with van der Waals surface area (Å²) in [7, 11) is 0. The molecular formula is C26H33ClN2O3. The van der Waals surface area contributed by atoms with Gasteiger partial charge in [0.2, 0.25) is 5.91 Å². The molecule has 1 amide bonds. The van der Waals surface area contributed by atoms with Gasteiger partial charge in [0.05, 0.1) is 6.42 Å². The molecular weight excluding hydrogens is 424 g/mol. The molecule has 172 valence electrons. The summed E-state index contributed by atoms with van der Waals surface area (Å²) in [5.74, 6) is 0.147. The predicted octanol–water partition coefficient (Wildman–Crippen LogP) is 5.37. The fourth-order valence-corrected chi connectivity index (χ4v) is 4.44. The van der Waals surface area contributed by atoms with Gasteiger partial charge in [0.15, 0.2) is 0 Å². The molecule has 5 nitrogen and oxygen atoms in total. The average molecular weight is 457 g/mol. The Labute approximate surface area is 196 Å². The molecule has 0 spiro atoms. The van der Waals surface area contributed by atoms with Crippen molar-refractivity contribution in [3.63, 3.8) is 0 Å². The maximum atomic E-state index is 12.8. The Morgan fingerprint density at radius 2 is 1.78 bits per heavy atom. The van der Waals surface area contributed by atoms with Crippen molar-refractivity contribution in [2.45, 2.75) is 57.9 Å². The smallest absolute Gasteiger partial charge is 0.303 e. The molecule has 1 aliphatic carbocycles. The van der Waals surface area contributed by atoms with Crippen LogP contribution in [0, 0.1) is 0 Å². The molecule has 1 saturated heterocycles. The van der Waals surface area contributed by atoms with Gasteiger partial charge in [-0.05, 0) is 48.9 Å². The lowest BCUT2D eigenvalue weighted by atomic mass is 9.79. The normalized spacial score (nSPS) is 18.4. The summed E-state index contributed by atoms with van der Waals surface area (Å²) in [5, 5.41) is 8.52. The first-order chi connectivity index (χ1) is 15.4. The van der Waals surface area contributed by atoms with Gasteiger partial charge >= 0.3 is 5.97 Å². The van der Waals surface area contributed by atoms with Gasteiger partial charge < -0.3 is 14.9 Å². The molecule has 0 bridgehead atoms. The van der Waals surface area contributed by atoms with Crippen molar-refractivity contribution in [3.05, 3.63) is 64.7 Å². The lowest BCUT2D eigenvalue weighted by Gasteiger charge is -2.43. The van der Waals surface area contributed by atoms with E-state index in [1.807, 2.05) is 41.3 Å². The average Bonchev–Trinajstić information content (AvgIpc) is 2.74. The predicted molar refractivity (Wildman–Crippen MR) is 130 cm³/mol. The Hall–Kier alpha value is -2.53. The van der Waals surface area contributed by atoms with E-state index in [-0.39, 0.29) is 18.4 Å². The third-order valence-electron chi connectivity index (χ3n) is 6.33. The molecule has 1 unspecified atom stereocenters. The fraction of sp³-hybridized carbons (Fsp3) is 0.462. The minimum Gasteiger partial charge on any atom is -0.481 e. The van der Waals surface area contributed by atoms with Crippen LogP contribution in [0.3, 0.4) is 0 Å². The zero-order valence-corrected chi connectivity index (χ0v) is 19.7. The number of carboxylic acids is 1. The molecule has 1 saturated carbocycles. The lowest BCUT2D eigenvalue weighted by molar-refractivity contribution is -0.136. The van der Waals surface area contributed by atoms with Crippen LogP contribution in [0.5, 0.6) is 0 Å². The molecule has 4 rings (SSSR count). The maximum Gasteiger partial charge on any atom is 0.303 e. The topological polar surface area (TPSA) is 60.9 Å². The van der Waals surface area contributed by atoms with E-state index in [1.54, 1.807) is 6.92 Å². The molecule has 1 atom stereocenters. The quantitative estimate of drug-likeness (QED) is 0.657. The molecule has 1 N–H and O–H groups in total. The highest BCUT2D eigenvalue weighted by atomic mass is 35.5. The Morgan fingerprint density at radius 1 is 1.09 bits per heavy atom. The van der Waals surface area contributed by atoms with Crippen LogP contribution in [0.25, 0.3) is 0 Å². The molecule has 2 aromatic carbocycles. The zero-order valence-electron chi connectivity index (χ0n) is 19.0. The number of aliphatic carboxylic acids is 1. The van der Waals surface area contributed by atoms with Crippen LogP contribution in [-0.2, 0) is 16.0 Å². The highest BCUT2D eigenvalue weighted by Crippen LogP contribution is 2.42. The van der Waals surface area contributed by atoms with Crippen molar-refractivity contribution < 1.29 is 14.7 Å². The summed E-state index contributed by atoms with van der Waals surface area (Å²) >= 11 is 6.32. The number of amides is 1. The Kier molecular flexibility index (Phi) is 8.57. The lowest BCUT2D eigenvalue weighted by Crippen LogP contribution is -2.54. The van der Waals surface area contributed by atoms with E-state index < -0.39 is 5.97 Å². The summed E-state index contributed by atoms with van der Waals surface area (Å²) in [5.41, 5.74) is 3.79. The minimum absolute atomic E-state index is 0.197. The van der Waals surface area contributed by atoms with E-state index in [1.165, 1.54) is 30.5 Å². The van der Waals surface area contributed by atoms with Crippen LogP contribution in [0.1, 0.15) is 56.6 Å². The Balaban J connectivity index is 0.000000523. The molecule has 0 radical (unpaired) electrons. The molecule has 6 heteroatoms. The summed E-state index contributed by atoms with van der Waals surface area (Å²) in [4.78, 5) is 26.6. The second-order valence-corrected chi connectivity index (χ2v) is 9.06. The van der Waals surface area contributed by atoms with Gasteiger partial charge in [-0.25, -0.2) is 0 Å². The van der Waals surface area contributed by atoms with E-state index >= 15 is 0 Å². The van der Waals surface area contributed by atoms with Gasteiger partial charge in [-0.15, -0.1) is 0 Å². The second-order valence-electron chi connectivity index (χ2n) is 8.62. The SMILES string of the molecule is CC1CN(c2cc(Cl)ccc2C2CCC2)CCN1C(=O)Cc1ccccc1.CCC(=O)O. The third-order valence-corrected chi connectivity index (χ3v) is 6.56. The van der Waals surface area contributed by atoms with Crippen molar-refractivity contribution in [2.75, 3.05) is 24.5 Å². The number of nitrogens with zero attached hydrogens (tertiary/aromatic N) is 2. The van der Waals surface area contributed by atoms with Gasteiger partial charge in [0, 0.05) is 42.8 Å². The van der Waals surface area contributed by atoms with E-state index in [4.69, 9.17) is 16.7 Å². The summed E-state index contributed by atoms with van der Waals surface area (Å²) < 4.78 is 0. The number of carbonyl (C=O) groups excluding carboxylic acids is 1. The van der Waals surface area contributed by atoms with Crippen LogP contribution >= 0.6 is 11.6 Å². The van der Waals surface area contributed by atoms with E-state index in [2.05, 4.69) is 24.0 Å². The zero-order chi connectivity index (χ0) is 23.1. The van der Waals surface area contributed by atoms with Crippen molar-refractivity contribution >= 4 is 29.2 Å². The highest BCUT2D eigenvalue weighted by molar-refractivity contribution is 6.30. The molecule has 1 heterocycles. The number of piperazine rings is 1. The highest BCUT2D eigenvalue weighted by Gasteiger charge is 2.30. The number of carboxylic acid groups (broad SMARTS) is 1. The molecule has 32 heavy (non-hydrogen) atoms. The van der Waals surface area contributed by atoms with Crippen LogP contribution in [0.2, 0.25) is 5.02 Å². The number of hydrogen-bond acceptors (Lipinski definition) is 3. The molecule has 0 aromatic heterocycles. The minimum atomic E-state index is -0.745. The number of benzene rings is 2. The monoisotopic (exact) mass is 456 g/mol. The number of halogens is 1. The van der Waals surface area contributed by atoms with Crippen molar-refractivity contribution in [1.82, 2.24) is 4.90 Å². The van der Waals surface area contributed by atoms with Crippen molar-refractivity contribution in [1.29, 1.82) is 0 Å². The second kappa shape index (κ2) is 11.4. The third kappa shape index (κ3) is 6.26. The van der Waals surface area contributed by atoms with Gasteiger partial charge in [-0.2, -0.15) is 0 Å². The molecule has 2 aromatic rings. The first-order valence-corrected chi connectivity index (χ1v) is 11.9. The van der Waals surface area contributed by atoms with E-state index in [0.717, 1.165) is 30.2 Å². The molecule has 1 aliphatic heterocycles. The first kappa shape index (κ1) is 24.1. The van der Waals surface area contributed by atoms with Gasteiger partial charge in [-0.1, -0.05) is 61.3 Å². The fourth-order valence-electron chi connectivity index (χ4n) is 4.27. The number of carbonyl (C=O) groups is 2. The van der Waals surface area contributed by atoms with E-state index in [0.29, 0.717) is 12.3 Å². The van der Waals surface area contributed by atoms with Crippen LogP contribution < -0.4 is 4.90 Å².